The van der Waals surface area contributed by atoms with E-state index in [2.05, 4.69) is 5.32 Å². The molecule has 2 aromatic carbocycles. The van der Waals surface area contributed by atoms with Crippen LogP contribution in [0.5, 0.6) is 0 Å². The Balaban J connectivity index is 2.15. The predicted octanol–water partition coefficient (Wildman–Crippen LogP) is 2.68. The van der Waals surface area contributed by atoms with E-state index in [0.717, 1.165) is 17.7 Å². The van der Waals surface area contributed by atoms with Gasteiger partial charge >= 0.3 is 0 Å². The fraction of sp³-hybridized carbons (Fsp3) is 0.0714. The maximum absolute atomic E-state index is 13.4. The molecule has 0 spiro atoms. The van der Waals surface area contributed by atoms with Gasteiger partial charge in [0.15, 0.2) is 0 Å². The molecule has 2 rings (SSSR count). The monoisotopic (exact) mass is 262 g/mol. The zero-order valence-electron chi connectivity index (χ0n) is 9.99. The van der Waals surface area contributed by atoms with Crippen molar-refractivity contribution in [2.45, 2.75) is 6.54 Å². The molecule has 0 heterocycles. The zero-order valence-corrected chi connectivity index (χ0v) is 9.99. The first kappa shape index (κ1) is 13.2. The molecule has 5 heteroatoms. The number of nitrogens with one attached hydrogen (secondary N) is 1. The Labute approximate surface area is 109 Å². The fourth-order valence-electron chi connectivity index (χ4n) is 1.60. The van der Waals surface area contributed by atoms with Crippen LogP contribution >= 0.6 is 0 Å². The van der Waals surface area contributed by atoms with Gasteiger partial charge in [-0.1, -0.05) is 12.1 Å². The van der Waals surface area contributed by atoms with Crippen LogP contribution in [0.2, 0.25) is 0 Å². The standard InChI is InChI=1S/C14H12F2N2O/c15-10-3-6-12(13(16)7-10)14(19)18-11-4-1-9(8-17)2-5-11/h1-7H,8,17H2,(H,18,19). The van der Waals surface area contributed by atoms with E-state index in [9.17, 15) is 13.6 Å². The highest BCUT2D eigenvalue weighted by Gasteiger charge is 2.12. The average molecular weight is 262 g/mol. The number of hydrogen-bond acceptors (Lipinski definition) is 2. The minimum absolute atomic E-state index is 0.204. The first-order valence-corrected chi connectivity index (χ1v) is 5.65. The summed E-state index contributed by atoms with van der Waals surface area (Å²) in [6.07, 6.45) is 0. The van der Waals surface area contributed by atoms with Crippen molar-refractivity contribution >= 4 is 11.6 Å². The van der Waals surface area contributed by atoms with Gasteiger partial charge in [0.05, 0.1) is 5.56 Å². The molecule has 0 fully saturated rings. The second-order valence-corrected chi connectivity index (χ2v) is 3.98. The summed E-state index contributed by atoms with van der Waals surface area (Å²) in [5, 5.41) is 2.53. The highest BCUT2D eigenvalue weighted by Crippen LogP contribution is 2.14. The molecule has 0 aliphatic rings. The number of anilines is 1. The van der Waals surface area contributed by atoms with Crippen LogP contribution < -0.4 is 11.1 Å². The van der Waals surface area contributed by atoms with Gasteiger partial charge in [0, 0.05) is 18.3 Å². The molecule has 3 nitrogen and oxygen atoms in total. The smallest absolute Gasteiger partial charge is 0.258 e. The lowest BCUT2D eigenvalue weighted by atomic mass is 10.1. The molecular formula is C14H12F2N2O. The van der Waals surface area contributed by atoms with Crippen LogP contribution in [0.25, 0.3) is 0 Å². The van der Waals surface area contributed by atoms with Crippen LogP contribution in [0.3, 0.4) is 0 Å². The van der Waals surface area contributed by atoms with Gasteiger partial charge in [0.2, 0.25) is 0 Å². The quantitative estimate of drug-likeness (QED) is 0.893. The Hall–Kier alpha value is -2.27. The summed E-state index contributed by atoms with van der Waals surface area (Å²) in [6.45, 7) is 0.404. The molecular weight excluding hydrogens is 250 g/mol. The van der Waals surface area contributed by atoms with E-state index in [1.807, 2.05) is 0 Å². The Morgan fingerprint density at radius 2 is 1.79 bits per heavy atom. The third-order valence-electron chi connectivity index (χ3n) is 2.62. The molecule has 0 saturated heterocycles. The number of nitrogens with two attached hydrogens (primary N) is 1. The number of rotatable bonds is 3. The largest absolute Gasteiger partial charge is 0.326 e. The van der Waals surface area contributed by atoms with Crippen LogP contribution in [-0.4, -0.2) is 5.91 Å². The van der Waals surface area contributed by atoms with Gasteiger partial charge in [0.25, 0.3) is 5.91 Å². The van der Waals surface area contributed by atoms with E-state index >= 15 is 0 Å². The fourth-order valence-corrected chi connectivity index (χ4v) is 1.60. The Kier molecular flexibility index (Phi) is 3.87. The van der Waals surface area contributed by atoms with Crippen LogP contribution in [0.4, 0.5) is 14.5 Å². The summed E-state index contributed by atoms with van der Waals surface area (Å²) in [7, 11) is 0. The second kappa shape index (κ2) is 5.58. The summed E-state index contributed by atoms with van der Waals surface area (Å²) >= 11 is 0. The lowest BCUT2D eigenvalue weighted by Gasteiger charge is -2.07. The summed E-state index contributed by atoms with van der Waals surface area (Å²) in [5.74, 6) is -2.24. The summed E-state index contributed by atoms with van der Waals surface area (Å²) in [5.41, 5.74) is 6.69. The topological polar surface area (TPSA) is 55.1 Å². The van der Waals surface area contributed by atoms with Crippen molar-refractivity contribution in [2.24, 2.45) is 5.73 Å². The van der Waals surface area contributed by atoms with Crippen molar-refractivity contribution in [3.8, 4) is 0 Å². The van der Waals surface area contributed by atoms with E-state index in [1.165, 1.54) is 0 Å². The van der Waals surface area contributed by atoms with E-state index in [0.29, 0.717) is 18.3 Å². The summed E-state index contributed by atoms with van der Waals surface area (Å²) < 4.78 is 26.1. The van der Waals surface area contributed by atoms with Gasteiger partial charge in [-0.05, 0) is 29.8 Å². The van der Waals surface area contributed by atoms with Crippen molar-refractivity contribution in [3.63, 3.8) is 0 Å². The first-order chi connectivity index (χ1) is 9.10. The summed E-state index contributed by atoms with van der Waals surface area (Å²) in [4.78, 5) is 11.8. The van der Waals surface area contributed by atoms with Gasteiger partial charge in [0.1, 0.15) is 11.6 Å². The number of carbonyl (C=O) groups excluding carboxylic acids is 1. The molecule has 0 aromatic heterocycles. The van der Waals surface area contributed by atoms with E-state index < -0.39 is 17.5 Å². The van der Waals surface area contributed by atoms with Gasteiger partial charge in [-0.15, -0.1) is 0 Å². The van der Waals surface area contributed by atoms with Gasteiger partial charge in [-0.25, -0.2) is 8.78 Å². The molecule has 0 bridgehead atoms. The normalized spacial score (nSPS) is 10.3. The molecule has 0 aliphatic carbocycles. The van der Waals surface area contributed by atoms with Gasteiger partial charge < -0.3 is 11.1 Å². The minimum atomic E-state index is -0.893. The van der Waals surface area contributed by atoms with Crippen LogP contribution in [-0.2, 0) is 6.54 Å². The minimum Gasteiger partial charge on any atom is -0.326 e. The lowest BCUT2D eigenvalue weighted by molar-refractivity contribution is 0.102. The third kappa shape index (κ3) is 3.14. The molecule has 98 valence electrons. The molecule has 0 aliphatic heterocycles. The molecule has 3 N–H and O–H groups in total. The molecule has 19 heavy (non-hydrogen) atoms. The van der Waals surface area contributed by atoms with Gasteiger partial charge in [-0.3, -0.25) is 4.79 Å². The Bertz CT molecular complexity index is 597. The third-order valence-corrected chi connectivity index (χ3v) is 2.62. The maximum Gasteiger partial charge on any atom is 0.258 e. The highest BCUT2D eigenvalue weighted by molar-refractivity contribution is 6.04. The van der Waals surface area contributed by atoms with Crippen molar-refractivity contribution < 1.29 is 13.6 Å². The van der Waals surface area contributed by atoms with E-state index in [4.69, 9.17) is 5.73 Å². The Morgan fingerprint density at radius 1 is 1.11 bits per heavy atom. The van der Waals surface area contributed by atoms with Crippen molar-refractivity contribution in [1.29, 1.82) is 0 Å². The first-order valence-electron chi connectivity index (χ1n) is 5.65. The molecule has 0 unspecified atom stereocenters. The lowest BCUT2D eigenvalue weighted by Crippen LogP contribution is -2.14. The SMILES string of the molecule is NCc1ccc(NC(=O)c2ccc(F)cc2F)cc1. The average Bonchev–Trinajstić information content (AvgIpc) is 2.39. The molecule has 0 atom stereocenters. The molecule has 0 radical (unpaired) electrons. The molecule has 0 saturated carbocycles. The van der Waals surface area contributed by atoms with E-state index in [1.54, 1.807) is 24.3 Å². The molecule has 2 aromatic rings. The van der Waals surface area contributed by atoms with Gasteiger partial charge in [-0.2, -0.15) is 0 Å². The van der Waals surface area contributed by atoms with Crippen molar-refractivity contribution in [2.75, 3.05) is 5.32 Å². The van der Waals surface area contributed by atoms with Crippen molar-refractivity contribution in [1.82, 2.24) is 0 Å². The van der Waals surface area contributed by atoms with Crippen LogP contribution in [0.1, 0.15) is 15.9 Å². The second-order valence-electron chi connectivity index (χ2n) is 3.98. The highest BCUT2D eigenvalue weighted by atomic mass is 19.1. The number of hydrogen-bond donors (Lipinski definition) is 2. The van der Waals surface area contributed by atoms with Crippen LogP contribution in [0.15, 0.2) is 42.5 Å². The Morgan fingerprint density at radius 3 is 2.37 bits per heavy atom. The number of carbonyl (C=O) groups is 1. The number of benzene rings is 2. The van der Waals surface area contributed by atoms with Crippen molar-refractivity contribution in [3.05, 3.63) is 65.2 Å². The maximum atomic E-state index is 13.4. The molecule has 1 amide bonds. The number of halogens is 2. The summed E-state index contributed by atoms with van der Waals surface area (Å²) in [6, 6.07) is 9.67. The predicted molar refractivity (Wildman–Crippen MR) is 68.6 cm³/mol. The zero-order chi connectivity index (χ0) is 13.8. The van der Waals surface area contributed by atoms with E-state index in [-0.39, 0.29) is 5.56 Å². The number of amides is 1. The van der Waals surface area contributed by atoms with Crippen LogP contribution in [0, 0.1) is 11.6 Å².